The van der Waals surface area contributed by atoms with E-state index < -0.39 is 0 Å². The van der Waals surface area contributed by atoms with Gasteiger partial charge in [0.05, 0.1) is 0 Å². The molecule has 0 aliphatic rings. The average Bonchev–Trinajstić information content (AvgIpc) is 2.53. The third-order valence-electron chi connectivity index (χ3n) is 3.16. The summed E-state index contributed by atoms with van der Waals surface area (Å²) in [5.41, 5.74) is 2.20. The van der Waals surface area contributed by atoms with Crippen molar-refractivity contribution in [3.63, 3.8) is 0 Å². The van der Waals surface area contributed by atoms with Gasteiger partial charge in [-0.3, -0.25) is 14.6 Å². The lowest BCUT2D eigenvalue weighted by atomic mass is 10.1. The second-order valence-corrected chi connectivity index (χ2v) is 5.19. The average molecular weight is 297 g/mol. The van der Waals surface area contributed by atoms with Crippen molar-refractivity contribution in [2.75, 3.05) is 19.4 Å². The van der Waals surface area contributed by atoms with Gasteiger partial charge in [0.1, 0.15) is 0 Å². The molecule has 2 rings (SSSR count). The van der Waals surface area contributed by atoms with Crippen molar-refractivity contribution in [1.82, 2.24) is 9.88 Å². The Kier molecular flexibility index (Phi) is 5.25. The first-order chi connectivity index (χ1) is 10.6. The van der Waals surface area contributed by atoms with Crippen LogP contribution >= 0.6 is 0 Å². The quantitative estimate of drug-likeness (QED) is 0.921. The molecule has 0 saturated heterocycles. The largest absolute Gasteiger partial charge is 0.345 e. The Bertz CT molecular complexity index is 654. The van der Waals surface area contributed by atoms with Gasteiger partial charge in [-0.2, -0.15) is 0 Å². The van der Waals surface area contributed by atoms with Crippen LogP contribution in [0.1, 0.15) is 22.3 Å². The maximum atomic E-state index is 12.0. The molecule has 0 bridgehead atoms. The highest BCUT2D eigenvalue weighted by molar-refractivity contribution is 5.97. The van der Waals surface area contributed by atoms with Crippen molar-refractivity contribution in [1.29, 1.82) is 0 Å². The molecule has 2 aromatic rings. The van der Waals surface area contributed by atoms with E-state index in [1.165, 1.54) is 4.90 Å². The molecule has 0 atom stereocenters. The number of benzene rings is 1. The third kappa shape index (κ3) is 4.41. The summed E-state index contributed by atoms with van der Waals surface area (Å²) >= 11 is 0. The van der Waals surface area contributed by atoms with Gasteiger partial charge >= 0.3 is 0 Å². The fourth-order valence-electron chi connectivity index (χ4n) is 2.02. The summed E-state index contributed by atoms with van der Waals surface area (Å²) in [5, 5.41) is 2.82. The van der Waals surface area contributed by atoms with E-state index >= 15 is 0 Å². The molecule has 0 aliphatic heterocycles. The van der Waals surface area contributed by atoms with Crippen LogP contribution in [-0.2, 0) is 11.2 Å². The van der Waals surface area contributed by atoms with E-state index in [2.05, 4.69) is 10.3 Å². The molecule has 0 spiro atoms. The van der Waals surface area contributed by atoms with Crippen molar-refractivity contribution in [2.24, 2.45) is 0 Å². The van der Waals surface area contributed by atoms with E-state index in [0.717, 1.165) is 5.56 Å². The number of nitrogens with one attached hydrogen (secondary N) is 1. The van der Waals surface area contributed by atoms with E-state index in [1.54, 1.807) is 50.8 Å². The Balaban J connectivity index is 1.94. The number of aromatic nitrogens is 1. The maximum Gasteiger partial charge on any atom is 0.253 e. The highest BCUT2D eigenvalue weighted by Crippen LogP contribution is 2.13. The molecular weight excluding hydrogens is 278 g/mol. The van der Waals surface area contributed by atoms with Gasteiger partial charge in [0.25, 0.3) is 5.91 Å². The van der Waals surface area contributed by atoms with E-state index in [9.17, 15) is 9.59 Å². The Hall–Kier alpha value is -2.69. The number of carbonyl (C=O) groups is 2. The fraction of sp³-hybridized carbons (Fsp3) is 0.235. The lowest BCUT2D eigenvalue weighted by Crippen LogP contribution is -2.22. The zero-order chi connectivity index (χ0) is 15.9. The first-order valence-corrected chi connectivity index (χ1v) is 7.07. The summed E-state index contributed by atoms with van der Waals surface area (Å²) in [6.07, 6.45) is 4.47. The molecule has 114 valence electrons. The summed E-state index contributed by atoms with van der Waals surface area (Å²) in [7, 11) is 3.39. The summed E-state index contributed by atoms with van der Waals surface area (Å²) in [5.74, 6) is -0.176. The van der Waals surface area contributed by atoms with Gasteiger partial charge in [0, 0.05) is 44.2 Å². The summed E-state index contributed by atoms with van der Waals surface area (Å²) in [6.45, 7) is 0. The van der Waals surface area contributed by atoms with Gasteiger partial charge in [-0.05, 0) is 36.2 Å². The van der Waals surface area contributed by atoms with Gasteiger partial charge in [0.2, 0.25) is 5.91 Å². The molecule has 5 heteroatoms. The van der Waals surface area contributed by atoms with Crippen LogP contribution in [0.5, 0.6) is 0 Å². The number of rotatable bonds is 5. The predicted octanol–water partition coefficient (Wildman–Crippen LogP) is 2.35. The van der Waals surface area contributed by atoms with Crippen LogP contribution < -0.4 is 5.32 Å². The molecule has 22 heavy (non-hydrogen) atoms. The molecule has 5 nitrogen and oxygen atoms in total. The molecule has 2 amide bonds. The fourth-order valence-corrected chi connectivity index (χ4v) is 2.02. The van der Waals surface area contributed by atoms with Gasteiger partial charge in [-0.15, -0.1) is 0 Å². The summed E-state index contributed by atoms with van der Waals surface area (Å²) in [4.78, 5) is 29.4. The van der Waals surface area contributed by atoms with Crippen molar-refractivity contribution in [3.8, 4) is 0 Å². The Morgan fingerprint density at radius 1 is 1.18 bits per heavy atom. The van der Waals surface area contributed by atoms with Crippen molar-refractivity contribution >= 4 is 17.5 Å². The van der Waals surface area contributed by atoms with Crippen LogP contribution in [0.3, 0.4) is 0 Å². The Labute approximate surface area is 130 Å². The third-order valence-corrected chi connectivity index (χ3v) is 3.16. The number of aryl methyl sites for hydroxylation is 1. The molecule has 0 aliphatic carbocycles. The van der Waals surface area contributed by atoms with E-state index in [1.807, 2.05) is 12.1 Å². The molecule has 0 fully saturated rings. The normalized spacial score (nSPS) is 10.1. The lowest BCUT2D eigenvalue weighted by Gasteiger charge is -2.11. The molecule has 1 heterocycles. The number of carbonyl (C=O) groups excluding carboxylic acids is 2. The van der Waals surface area contributed by atoms with Crippen LogP contribution in [0.25, 0.3) is 0 Å². The van der Waals surface area contributed by atoms with Crippen LogP contribution in [0.2, 0.25) is 0 Å². The second kappa shape index (κ2) is 7.36. The minimum absolute atomic E-state index is 0.0849. The minimum atomic E-state index is -0.0912. The first kappa shape index (κ1) is 15.7. The van der Waals surface area contributed by atoms with Crippen molar-refractivity contribution in [3.05, 3.63) is 59.9 Å². The molecule has 0 unspecified atom stereocenters. The molecule has 1 N–H and O–H groups in total. The first-order valence-electron chi connectivity index (χ1n) is 7.07. The minimum Gasteiger partial charge on any atom is -0.345 e. The monoisotopic (exact) mass is 297 g/mol. The Morgan fingerprint density at radius 3 is 2.68 bits per heavy atom. The van der Waals surface area contributed by atoms with Crippen LogP contribution in [0.4, 0.5) is 5.69 Å². The van der Waals surface area contributed by atoms with Crippen LogP contribution in [0.15, 0.2) is 48.8 Å². The lowest BCUT2D eigenvalue weighted by molar-refractivity contribution is -0.116. The number of hydrogen-bond acceptors (Lipinski definition) is 3. The van der Waals surface area contributed by atoms with E-state index in [4.69, 9.17) is 0 Å². The van der Waals surface area contributed by atoms with E-state index in [-0.39, 0.29) is 11.8 Å². The number of anilines is 1. The van der Waals surface area contributed by atoms with Gasteiger partial charge in [-0.1, -0.05) is 12.1 Å². The second-order valence-electron chi connectivity index (χ2n) is 5.19. The molecule has 0 saturated carbocycles. The summed E-state index contributed by atoms with van der Waals surface area (Å²) < 4.78 is 0. The van der Waals surface area contributed by atoms with Gasteiger partial charge in [0.15, 0.2) is 0 Å². The molecule has 1 aromatic heterocycles. The number of hydrogen-bond donors (Lipinski definition) is 1. The standard InChI is InChI=1S/C17H19N3O2/c1-20(2)17(22)14-6-3-7-15(11-14)19-16(21)9-8-13-5-4-10-18-12-13/h3-7,10-12H,8-9H2,1-2H3,(H,19,21). The summed E-state index contributed by atoms with van der Waals surface area (Å²) in [6, 6.07) is 10.7. The zero-order valence-corrected chi connectivity index (χ0v) is 12.7. The SMILES string of the molecule is CN(C)C(=O)c1cccc(NC(=O)CCc2cccnc2)c1. The number of nitrogens with zero attached hydrogens (tertiary/aromatic N) is 2. The zero-order valence-electron chi connectivity index (χ0n) is 12.7. The number of pyridine rings is 1. The maximum absolute atomic E-state index is 12.0. The van der Waals surface area contributed by atoms with Crippen LogP contribution in [-0.4, -0.2) is 35.8 Å². The van der Waals surface area contributed by atoms with Crippen molar-refractivity contribution < 1.29 is 9.59 Å². The predicted molar refractivity (Wildman–Crippen MR) is 85.6 cm³/mol. The Morgan fingerprint density at radius 2 is 2.00 bits per heavy atom. The van der Waals surface area contributed by atoms with Gasteiger partial charge in [-0.25, -0.2) is 0 Å². The van der Waals surface area contributed by atoms with E-state index in [0.29, 0.717) is 24.1 Å². The molecule has 0 radical (unpaired) electrons. The smallest absolute Gasteiger partial charge is 0.253 e. The topological polar surface area (TPSA) is 62.3 Å². The van der Waals surface area contributed by atoms with Crippen LogP contribution in [0, 0.1) is 0 Å². The van der Waals surface area contributed by atoms with Gasteiger partial charge < -0.3 is 10.2 Å². The number of amides is 2. The highest BCUT2D eigenvalue weighted by Gasteiger charge is 2.09. The molecule has 1 aromatic carbocycles. The van der Waals surface area contributed by atoms with Crippen molar-refractivity contribution in [2.45, 2.75) is 12.8 Å². The molecular formula is C17H19N3O2. The highest BCUT2D eigenvalue weighted by atomic mass is 16.2.